The van der Waals surface area contributed by atoms with Gasteiger partial charge in [-0.05, 0) is 97.1 Å². The fourth-order valence-corrected chi connectivity index (χ4v) is 7.37. The molecule has 8 nitrogen and oxygen atoms in total. The van der Waals surface area contributed by atoms with Gasteiger partial charge in [0.15, 0.2) is 0 Å². The third kappa shape index (κ3) is 12.3. The number of nitrogens with zero attached hydrogens (tertiary/aromatic N) is 5. The minimum atomic E-state index is -0.239. The smallest absolute Gasteiger partial charge is 0.146 e. The lowest BCUT2D eigenvalue weighted by Crippen LogP contribution is -2.32. The summed E-state index contributed by atoms with van der Waals surface area (Å²) in [6.07, 6.45) is 20.5. The zero-order valence-corrected chi connectivity index (χ0v) is 35.0. The molecule has 53 heavy (non-hydrogen) atoms. The van der Waals surface area contributed by atoms with Gasteiger partial charge in [0.2, 0.25) is 0 Å². The van der Waals surface area contributed by atoms with E-state index < -0.39 is 0 Å². The lowest BCUT2D eigenvalue weighted by molar-refractivity contribution is 0.283. The number of aromatic hydroxyl groups is 2. The molecule has 1 aromatic heterocycles. The number of hydrazone groups is 1. The van der Waals surface area contributed by atoms with E-state index in [1.54, 1.807) is 18.4 Å². The van der Waals surface area contributed by atoms with Gasteiger partial charge in [0, 0.05) is 24.6 Å². The molecule has 0 atom stereocenters. The second kappa shape index (κ2) is 17.6. The van der Waals surface area contributed by atoms with Crippen LogP contribution in [0.3, 0.4) is 0 Å². The Morgan fingerprint density at radius 1 is 0.811 bits per heavy atom. The summed E-state index contributed by atoms with van der Waals surface area (Å²) in [5, 5.41) is 39.9. The number of benzene rings is 2. The van der Waals surface area contributed by atoms with E-state index in [2.05, 4.69) is 98.0 Å². The molecule has 288 valence electrons. The van der Waals surface area contributed by atoms with Crippen molar-refractivity contribution in [1.82, 2.24) is 20.4 Å². The Bertz CT molecular complexity index is 1840. The van der Waals surface area contributed by atoms with E-state index in [4.69, 9.17) is 10.2 Å². The summed E-state index contributed by atoms with van der Waals surface area (Å²) < 4.78 is 0. The maximum Gasteiger partial charge on any atom is 0.146 e. The van der Waals surface area contributed by atoms with Crippen LogP contribution in [0, 0.1) is 10.8 Å². The van der Waals surface area contributed by atoms with Gasteiger partial charge in [0.1, 0.15) is 28.6 Å². The lowest BCUT2D eigenvalue weighted by Gasteiger charge is -2.34. The van der Waals surface area contributed by atoms with Crippen molar-refractivity contribution in [3.05, 3.63) is 101 Å². The van der Waals surface area contributed by atoms with E-state index in [9.17, 15) is 10.2 Å². The zero-order valence-electron chi connectivity index (χ0n) is 35.0. The minimum absolute atomic E-state index is 0.0635. The molecular formula is C45H66N6O2. The first-order valence-electron chi connectivity index (χ1n) is 18.9. The molecule has 0 saturated heterocycles. The van der Waals surface area contributed by atoms with Gasteiger partial charge in [0.25, 0.3) is 0 Å². The molecule has 1 heterocycles. The fraction of sp³-hybridized carbons (Fsp3) is 0.489. The molecule has 0 aliphatic rings. The van der Waals surface area contributed by atoms with E-state index in [0.717, 1.165) is 36.1 Å². The number of aromatic nitrogens is 3. The van der Waals surface area contributed by atoms with E-state index in [1.807, 2.05) is 75.4 Å². The molecule has 0 amide bonds. The quantitative estimate of drug-likeness (QED) is 0.0625. The highest BCUT2D eigenvalue weighted by Gasteiger charge is 2.32. The highest BCUT2D eigenvalue weighted by molar-refractivity contribution is 5.93. The molecule has 0 bridgehead atoms. The van der Waals surface area contributed by atoms with Crippen molar-refractivity contribution in [3.63, 3.8) is 0 Å². The predicted molar refractivity (Wildman–Crippen MR) is 225 cm³/mol. The Kier molecular flexibility index (Phi) is 14.3. The Morgan fingerprint density at radius 2 is 1.40 bits per heavy atom. The van der Waals surface area contributed by atoms with Crippen molar-refractivity contribution in [2.45, 2.75) is 127 Å². The van der Waals surface area contributed by atoms with Gasteiger partial charge >= 0.3 is 0 Å². The van der Waals surface area contributed by atoms with Crippen LogP contribution in [0.25, 0.3) is 11.8 Å². The summed E-state index contributed by atoms with van der Waals surface area (Å²) in [7, 11) is 1.79. The maximum absolute atomic E-state index is 12.1. The van der Waals surface area contributed by atoms with Crippen LogP contribution in [0.1, 0.15) is 137 Å². The molecule has 0 aliphatic carbocycles. The Hall–Kier alpha value is -4.43. The summed E-state index contributed by atoms with van der Waals surface area (Å²) in [4.78, 5) is 1.51. The van der Waals surface area contributed by atoms with Crippen LogP contribution in [0.2, 0.25) is 0 Å². The molecule has 0 saturated carbocycles. The first-order chi connectivity index (χ1) is 24.6. The second-order valence-electron chi connectivity index (χ2n) is 17.9. The van der Waals surface area contributed by atoms with Gasteiger partial charge in [-0.25, -0.2) is 5.43 Å². The van der Waals surface area contributed by atoms with Gasteiger partial charge in [-0.3, -0.25) is 0 Å². The monoisotopic (exact) mass is 723 g/mol. The van der Waals surface area contributed by atoms with Gasteiger partial charge in [-0.1, -0.05) is 118 Å². The van der Waals surface area contributed by atoms with Crippen molar-refractivity contribution in [3.8, 4) is 17.2 Å². The molecule has 3 N–H and O–H groups in total. The minimum Gasteiger partial charge on any atom is -0.505 e. The number of allylic oxidation sites excluding steroid dienone is 7. The first kappa shape index (κ1) is 43.0. The van der Waals surface area contributed by atoms with Crippen molar-refractivity contribution >= 4 is 17.5 Å². The number of nitrogens with one attached hydrogen (secondary N) is 1. The third-order valence-electron chi connectivity index (χ3n) is 9.09. The number of hydrogen-bond acceptors (Lipinski definition) is 7. The van der Waals surface area contributed by atoms with Crippen molar-refractivity contribution in [2.75, 3.05) is 12.2 Å². The van der Waals surface area contributed by atoms with Gasteiger partial charge in [-0.15, -0.1) is 9.90 Å². The number of hydrogen-bond donors (Lipinski definition) is 3. The molecule has 2 aromatic carbocycles. The molecule has 0 fully saturated rings. The van der Waals surface area contributed by atoms with E-state index in [-0.39, 0.29) is 39.6 Å². The number of phenols is 2. The standard InChI is InChI=1S/C45H66N6O2/c1-15-17-19-21-23-37-29-47-51(49-37)39-28-36(45(12,13)31-43(7,8)9)26-34(41(39)53)24-33-25-35(44(10,11)30-42(4,5)6)27-38(40(33)52)50(46-14)48-32(3)22-20-18-16-2/h15-18,20-23,25-29,46,52-53H,19,24,30-31H2,1-14H3/b17-15-,18-16-,22-20-,23-21-,48-32+. The van der Waals surface area contributed by atoms with Crippen LogP contribution in [0.15, 0.2) is 78.1 Å². The largest absolute Gasteiger partial charge is 0.505 e. The normalized spacial score (nSPS) is 13.8. The van der Waals surface area contributed by atoms with Crippen LogP contribution < -0.4 is 10.5 Å². The topological polar surface area (TPSA) is 98.8 Å². The Labute approximate surface area is 320 Å². The summed E-state index contributed by atoms with van der Waals surface area (Å²) in [6, 6.07) is 8.21. The van der Waals surface area contributed by atoms with Crippen LogP contribution in [-0.2, 0) is 17.3 Å². The highest BCUT2D eigenvalue weighted by Crippen LogP contribution is 2.44. The van der Waals surface area contributed by atoms with E-state index >= 15 is 0 Å². The van der Waals surface area contributed by atoms with E-state index in [1.165, 1.54) is 4.80 Å². The van der Waals surface area contributed by atoms with Crippen LogP contribution in [0.5, 0.6) is 11.5 Å². The molecule has 8 heteroatoms. The number of phenolic OH excluding ortho intramolecular Hbond substituents is 2. The maximum atomic E-state index is 12.1. The fourth-order valence-electron chi connectivity index (χ4n) is 7.37. The summed E-state index contributed by atoms with van der Waals surface area (Å²) in [5.74, 6) is 0.170. The highest BCUT2D eigenvalue weighted by atomic mass is 16.3. The van der Waals surface area contributed by atoms with E-state index in [0.29, 0.717) is 28.2 Å². The van der Waals surface area contributed by atoms with Gasteiger partial charge < -0.3 is 10.2 Å². The molecule has 3 rings (SSSR count). The third-order valence-corrected chi connectivity index (χ3v) is 9.09. The first-order valence-corrected chi connectivity index (χ1v) is 18.9. The molecule has 0 aliphatic heterocycles. The summed E-state index contributed by atoms with van der Waals surface area (Å²) >= 11 is 0. The molecule has 0 radical (unpaired) electrons. The lowest BCUT2D eigenvalue weighted by atomic mass is 9.71. The number of anilines is 1. The number of hydrazine groups is 1. The van der Waals surface area contributed by atoms with Crippen molar-refractivity contribution in [2.24, 2.45) is 15.9 Å². The molecule has 0 unspecified atom stereocenters. The average Bonchev–Trinajstić information content (AvgIpc) is 3.50. The number of rotatable bonds is 15. The van der Waals surface area contributed by atoms with Gasteiger partial charge in [-0.2, -0.15) is 15.3 Å². The van der Waals surface area contributed by atoms with Crippen LogP contribution in [-0.4, -0.2) is 38.0 Å². The predicted octanol–water partition coefficient (Wildman–Crippen LogP) is 11.1. The zero-order chi connectivity index (χ0) is 39.8. The van der Waals surface area contributed by atoms with Crippen LogP contribution in [0.4, 0.5) is 5.69 Å². The molecule has 0 spiro atoms. The average molecular weight is 723 g/mol. The molecule has 3 aromatic rings. The Balaban J connectivity index is 2.32. The Morgan fingerprint density at radius 3 is 1.94 bits per heavy atom. The van der Waals surface area contributed by atoms with Crippen molar-refractivity contribution < 1.29 is 10.2 Å². The van der Waals surface area contributed by atoms with Crippen molar-refractivity contribution in [1.29, 1.82) is 0 Å². The molecular weight excluding hydrogens is 657 g/mol. The second-order valence-corrected chi connectivity index (χ2v) is 17.9. The SMILES string of the molecule is C\C=C/C=C\C(C)=N\N(NC)c1cc(C(C)(C)CC(C)(C)C)cc(Cc2cc(C(C)(C)CC(C)(C)C)cc(-n3ncc(/C=C\C/C=C\C)n3)c2O)c1O. The van der Waals surface area contributed by atoms with Gasteiger partial charge in [0.05, 0.1) is 11.9 Å². The van der Waals surface area contributed by atoms with Crippen LogP contribution >= 0.6 is 0 Å². The summed E-state index contributed by atoms with van der Waals surface area (Å²) in [5.41, 5.74) is 8.82. The summed E-state index contributed by atoms with van der Waals surface area (Å²) in [6.45, 7) is 28.4.